The molecule has 1 aliphatic carbocycles. The van der Waals surface area contributed by atoms with Crippen LogP contribution in [0.5, 0.6) is 0 Å². The van der Waals surface area contributed by atoms with Crippen LogP contribution >= 0.6 is 0 Å². The molecule has 2 bridgehead atoms. The molecule has 0 radical (unpaired) electrons. The number of nitrogens with zero attached hydrogens (tertiary/aromatic N) is 1. The zero-order chi connectivity index (χ0) is 6.43. The summed E-state index contributed by atoms with van der Waals surface area (Å²) in [6.07, 6.45) is 5.16. The van der Waals surface area contributed by atoms with Crippen molar-refractivity contribution in [2.75, 3.05) is 7.05 Å². The van der Waals surface area contributed by atoms with Crippen LogP contribution in [0.25, 0.3) is 0 Å². The molecule has 2 nitrogen and oxygen atoms in total. The van der Waals surface area contributed by atoms with Crippen LogP contribution in [0.1, 0.15) is 6.42 Å². The number of carbonyl (C=O) groups is 1. The van der Waals surface area contributed by atoms with E-state index >= 15 is 0 Å². The van der Waals surface area contributed by atoms with Crippen LogP contribution in [0.4, 0.5) is 0 Å². The number of fused-ring (bicyclic) bond motifs is 2. The number of hydrogen-bond donors (Lipinski definition) is 0. The van der Waals surface area contributed by atoms with E-state index in [4.69, 9.17) is 0 Å². The Morgan fingerprint density at radius 1 is 1.67 bits per heavy atom. The maximum atomic E-state index is 11.0. The second-order valence-electron chi connectivity index (χ2n) is 2.74. The van der Waals surface area contributed by atoms with E-state index in [-0.39, 0.29) is 5.92 Å². The van der Waals surface area contributed by atoms with Gasteiger partial charge in [0.25, 0.3) is 0 Å². The molecule has 0 saturated carbocycles. The molecule has 48 valence electrons. The van der Waals surface area contributed by atoms with E-state index < -0.39 is 0 Å². The van der Waals surface area contributed by atoms with Gasteiger partial charge in [-0.1, -0.05) is 12.2 Å². The lowest BCUT2D eigenvalue weighted by atomic mass is 10.1. The molecule has 1 saturated heterocycles. The molecule has 9 heavy (non-hydrogen) atoms. The molecule has 2 rings (SSSR count). The summed E-state index contributed by atoms with van der Waals surface area (Å²) in [4.78, 5) is 12.9. The monoisotopic (exact) mass is 123 g/mol. The third-order valence-electron chi connectivity index (χ3n) is 2.22. The number of hydrogen-bond acceptors (Lipinski definition) is 1. The van der Waals surface area contributed by atoms with Crippen molar-refractivity contribution in [2.45, 2.75) is 12.5 Å². The fourth-order valence-electron chi connectivity index (χ4n) is 1.58. The zero-order valence-electron chi connectivity index (χ0n) is 5.37. The van der Waals surface area contributed by atoms with Crippen LogP contribution in [0, 0.1) is 5.92 Å². The largest absolute Gasteiger partial charge is 0.339 e. The van der Waals surface area contributed by atoms with Gasteiger partial charge in [0.2, 0.25) is 5.91 Å². The molecule has 1 aliphatic heterocycles. The molecule has 2 aliphatic rings. The molecular formula is C7H9NO. The number of amides is 1. The van der Waals surface area contributed by atoms with Gasteiger partial charge in [-0.15, -0.1) is 0 Å². The molecule has 0 spiro atoms. The van der Waals surface area contributed by atoms with Gasteiger partial charge in [-0.3, -0.25) is 4.79 Å². The first kappa shape index (κ1) is 5.03. The van der Waals surface area contributed by atoms with Gasteiger partial charge in [-0.25, -0.2) is 0 Å². The van der Waals surface area contributed by atoms with Gasteiger partial charge in [0.1, 0.15) is 0 Å². The molecule has 0 aromatic heterocycles. The third kappa shape index (κ3) is 0.479. The standard InChI is InChI=1S/C7H9NO/c1-8-6-3-2-5(4-6)7(8)9/h2-3,5-6H,4H2,1H3/t5-,6+/m1/s1. The Morgan fingerprint density at radius 3 is 2.78 bits per heavy atom. The highest BCUT2D eigenvalue weighted by Gasteiger charge is 2.38. The van der Waals surface area contributed by atoms with Gasteiger partial charge in [0.15, 0.2) is 0 Å². The molecule has 1 fully saturated rings. The summed E-state index contributed by atoms with van der Waals surface area (Å²) in [7, 11) is 1.87. The first-order chi connectivity index (χ1) is 4.29. The van der Waals surface area contributed by atoms with E-state index in [2.05, 4.69) is 6.08 Å². The van der Waals surface area contributed by atoms with Gasteiger partial charge in [-0.05, 0) is 6.42 Å². The first-order valence-electron chi connectivity index (χ1n) is 3.24. The first-order valence-corrected chi connectivity index (χ1v) is 3.24. The number of carbonyl (C=O) groups excluding carboxylic acids is 1. The molecular weight excluding hydrogens is 114 g/mol. The molecule has 2 heteroatoms. The van der Waals surface area contributed by atoms with Gasteiger partial charge < -0.3 is 4.90 Å². The van der Waals surface area contributed by atoms with E-state index in [1.807, 2.05) is 18.0 Å². The van der Waals surface area contributed by atoms with Gasteiger partial charge in [0, 0.05) is 7.05 Å². The van der Waals surface area contributed by atoms with Gasteiger partial charge in [-0.2, -0.15) is 0 Å². The van der Waals surface area contributed by atoms with Crippen molar-refractivity contribution in [3.63, 3.8) is 0 Å². The maximum Gasteiger partial charge on any atom is 0.229 e. The maximum absolute atomic E-state index is 11.0. The molecule has 0 unspecified atom stereocenters. The summed E-state index contributed by atoms with van der Waals surface area (Å²) in [6.45, 7) is 0. The van der Waals surface area contributed by atoms with Crippen LogP contribution in [-0.4, -0.2) is 23.9 Å². The average molecular weight is 123 g/mol. The molecule has 1 amide bonds. The van der Waals surface area contributed by atoms with Crippen LogP contribution in [0.3, 0.4) is 0 Å². The van der Waals surface area contributed by atoms with E-state index in [0.29, 0.717) is 11.9 Å². The summed E-state index contributed by atoms with van der Waals surface area (Å²) in [5.41, 5.74) is 0. The normalized spacial score (nSPS) is 38.8. The van der Waals surface area contributed by atoms with E-state index in [9.17, 15) is 4.79 Å². The Balaban J connectivity index is 2.36. The SMILES string of the molecule is CN1C(=O)[C@@H]2C=C[C@H]1C2. The molecule has 0 N–H and O–H groups in total. The molecule has 0 aromatic rings. The van der Waals surface area contributed by atoms with Gasteiger partial charge in [0.05, 0.1) is 12.0 Å². The lowest BCUT2D eigenvalue weighted by Crippen LogP contribution is -2.30. The Kier molecular flexibility index (Phi) is 0.770. The summed E-state index contributed by atoms with van der Waals surface area (Å²) in [5.74, 6) is 0.516. The topological polar surface area (TPSA) is 20.3 Å². The van der Waals surface area contributed by atoms with Crippen LogP contribution in [-0.2, 0) is 4.79 Å². The highest BCUT2D eigenvalue weighted by atomic mass is 16.2. The quantitative estimate of drug-likeness (QED) is 0.427. The molecule has 1 heterocycles. The van der Waals surface area contributed by atoms with Crippen molar-refractivity contribution in [3.05, 3.63) is 12.2 Å². The molecule has 2 atom stereocenters. The fourth-order valence-corrected chi connectivity index (χ4v) is 1.58. The summed E-state index contributed by atoms with van der Waals surface area (Å²) < 4.78 is 0. The fraction of sp³-hybridized carbons (Fsp3) is 0.571. The second-order valence-corrected chi connectivity index (χ2v) is 2.74. The number of likely N-dealkylation sites (tertiary alicyclic amines) is 1. The van der Waals surface area contributed by atoms with Crippen molar-refractivity contribution < 1.29 is 4.79 Å². The predicted octanol–water partition coefficient (Wildman–Crippen LogP) is 0.403. The second kappa shape index (κ2) is 1.38. The van der Waals surface area contributed by atoms with Crippen molar-refractivity contribution in [2.24, 2.45) is 5.92 Å². The molecule has 0 aromatic carbocycles. The van der Waals surface area contributed by atoms with Gasteiger partial charge >= 0.3 is 0 Å². The number of likely N-dealkylation sites (N-methyl/N-ethyl adjacent to an activating group) is 1. The lowest BCUT2D eigenvalue weighted by molar-refractivity contribution is -0.129. The third-order valence-corrected chi connectivity index (χ3v) is 2.22. The van der Waals surface area contributed by atoms with Crippen molar-refractivity contribution in [3.8, 4) is 0 Å². The Morgan fingerprint density at radius 2 is 2.44 bits per heavy atom. The lowest BCUT2D eigenvalue weighted by Gasteiger charge is -2.17. The van der Waals surface area contributed by atoms with Crippen LogP contribution < -0.4 is 0 Å². The smallest absolute Gasteiger partial charge is 0.229 e. The zero-order valence-corrected chi connectivity index (χ0v) is 5.37. The highest BCUT2D eigenvalue weighted by molar-refractivity contribution is 5.84. The summed E-state index contributed by atoms with van der Waals surface area (Å²) in [6, 6.07) is 0.419. The number of rotatable bonds is 0. The van der Waals surface area contributed by atoms with E-state index in [1.165, 1.54) is 0 Å². The average Bonchev–Trinajstić information content (AvgIpc) is 2.37. The van der Waals surface area contributed by atoms with E-state index in [1.54, 1.807) is 0 Å². The van der Waals surface area contributed by atoms with Crippen molar-refractivity contribution >= 4 is 5.91 Å². The Labute approximate surface area is 54.1 Å². The highest BCUT2D eigenvalue weighted by Crippen LogP contribution is 2.30. The van der Waals surface area contributed by atoms with Crippen LogP contribution in [0.2, 0.25) is 0 Å². The van der Waals surface area contributed by atoms with Crippen molar-refractivity contribution in [1.29, 1.82) is 0 Å². The minimum Gasteiger partial charge on any atom is -0.339 e. The van der Waals surface area contributed by atoms with Crippen LogP contribution in [0.15, 0.2) is 12.2 Å². The van der Waals surface area contributed by atoms with Crippen molar-refractivity contribution in [1.82, 2.24) is 4.90 Å². The van der Waals surface area contributed by atoms with E-state index in [0.717, 1.165) is 6.42 Å². The minimum atomic E-state index is 0.222. The summed E-state index contributed by atoms with van der Waals surface area (Å²) in [5, 5.41) is 0. The Hall–Kier alpha value is -0.790. The summed E-state index contributed by atoms with van der Waals surface area (Å²) >= 11 is 0. The Bertz CT molecular complexity index is 185. The predicted molar refractivity (Wildman–Crippen MR) is 33.8 cm³/mol. The minimum absolute atomic E-state index is 0.222.